The summed E-state index contributed by atoms with van der Waals surface area (Å²) in [5, 5.41) is 1.99. The molecule has 0 saturated heterocycles. The van der Waals surface area contributed by atoms with Gasteiger partial charge in [-0.05, 0) is 57.1 Å². The van der Waals surface area contributed by atoms with Crippen molar-refractivity contribution in [3.8, 4) is 56.4 Å². The number of hydrogen-bond donors (Lipinski definition) is 0. The zero-order valence-electron chi connectivity index (χ0n) is 30.5. The third kappa shape index (κ3) is 6.23. The van der Waals surface area contributed by atoms with E-state index < -0.39 is 0 Å². The summed E-state index contributed by atoms with van der Waals surface area (Å²) in [6.07, 6.45) is 0. The third-order valence-corrected chi connectivity index (χ3v) is 10.5. The Kier molecular flexibility index (Phi) is 8.54. The summed E-state index contributed by atoms with van der Waals surface area (Å²) in [5.74, 6) is 1.76. The van der Waals surface area contributed by atoms with Crippen molar-refractivity contribution in [2.24, 2.45) is 0 Å². The van der Waals surface area contributed by atoms with Crippen molar-refractivity contribution in [2.45, 2.75) is 5.92 Å². The SMILES string of the molecule is c1ccc(-c2cccc(C(c3ccc4oc5cccc(-c6nc(-c7ccccc7)nc(-c7ccccc7)n6)c5c4c3)c3ccccc3-c3ccccc3)c2)cc1. The normalized spacial score (nSPS) is 11.9. The predicted octanol–water partition coefficient (Wildman–Crippen LogP) is 13.3. The van der Waals surface area contributed by atoms with Gasteiger partial charge in [0.05, 0.1) is 0 Å². The van der Waals surface area contributed by atoms with E-state index in [4.69, 9.17) is 19.4 Å². The van der Waals surface area contributed by atoms with Crippen molar-refractivity contribution < 1.29 is 4.42 Å². The zero-order valence-corrected chi connectivity index (χ0v) is 30.5. The summed E-state index contributed by atoms with van der Waals surface area (Å²) in [6, 6.07) is 72.0. The molecule has 4 heteroatoms. The van der Waals surface area contributed by atoms with Gasteiger partial charge in [-0.3, -0.25) is 0 Å². The third-order valence-electron chi connectivity index (χ3n) is 10.5. The largest absolute Gasteiger partial charge is 0.456 e. The lowest BCUT2D eigenvalue weighted by atomic mass is 9.80. The molecule has 0 fully saturated rings. The number of benzene rings is 8. The molecule has 0 saturated carbocycles. The van der Waals surface area contributed by atoms with Gasteiger partial charge in [0.2, 0.25) is 0 Å². The lowest BCUT2D eigenvalue weighted by molar-refractivity contribution is 0.668. The molecule has 2 heterocycles. The van der Waals surface area contributed by atoms with Crippen molar-refractivity contribution in [1.82, 2.24) is 15.0 Å². The molecule has 4 nitrogen and oxygen atoms in total. The molecule has 10 aromatic rings. The topological polar surface area (TPSA) is 51.8 Å². The Bertz CT molecular complexity index is 2900. The fourth-order valence-corrected chi connectivity index (χ4v) is 7.85. The van der Waals surface area contributed by atoms with Gasteiger partial charge in [0.1, 0.15) is 11.2 Å². The molecule has 1 atom stereocenters. The van der Waals surface area contributed by atoms with Crippen LogP contribution in [0.1, 0.15) is 22.6 Å². The van der Waals surface area contributed by atoms with E-state index in [-0.39, 0.29) is 5.92 Å². The molecule has 264 valence electrons. The molecule has 8 aromatic carbocycles. The highest BCUT2D eigenvalue weighted by Crippen LogP contribution is 2.43. The van der Waals surface area contributed by atoms with Gasteiger partial charge in [-0.1, -0.05) is 188 Å². The second-order valence-electron chi connectivity index (χ2n) is 14.0. The Labute approximate surface area is 325 Å². The van der Waals surface area contributed by atoms with Crippen molar-refractivity contribution in [1.29, 1.82) is 0 Å². The monoisotopic (exact) mass is 717 g/mol. The Hall–Kier alpha value is -7.43. The highest BCUT2D eigenvalue weighted by atomic mass is 16.3. The first kappa shape index (κ1) is 33.2. The van der Waals surface area contributed by atoms with Gasteiger partial charge in [-0.2, -0.15) is 0 Å². The van der Waals surface area contributed by atoms with Crippen LogP contribution in [0.15, 0.2) is 211 Å². The maximum absolute atomic E-state index is 6.59. The van der Waals surface area contributed by atoms with Gasteiger partial charge in [0.15, 0.2) is 17.5 Å². The van der Waals surface area contributed by atoms with Gasteiger partial charge in [-0.15, -0.1) is 0 Å². The van der Waals surface area contributed by atoms with Crippen LogP contribution < -0.4 is 0 Å². The van der Waals surface area contributed by atoms with Crippen molar-refractivity contribution in [3.63, 3.8) is 0 Å². The molecular weight excluding hydrogens is 683 g/mol. The Balaban J connectivity index is 1.20. The number of rotatable bonds is 8. The van der Waals surface area contributed by atoms with Gasteiger partial charge in [0.25, 0.3) is 0 Å². The molecule has 2 aromatic heterocycles. The smallest absolute Gasteiger partial charge is 0.164 e. The zero-order chi connectivity index (χ0) is 37.3. The van der Waals surface area contributed by atoms with Crippen LogP contribution in [-0.4, -0.2) is 15.0 Å². The number of hydrogen-bond acceptors (Lipinski definition) is 4. The second-order valence-corrected chi connectivity index (χ2v) is 14.0. The van der Waals surface area contributed by atoms with E-state index in [1.165, 1.54) is 33.4 Å². The molecule has 0 bridgehead atoms. The first-order valence-corrected chi connectivity index (χ1v) is 18.9. The second kappa shape index (κ2) is 14.4. The van der Waals surface area contributed by atoms with Crippen molar-refractivity contribution in [3.05, 3.63) is 223 Å². The van der Waals surface area contributed by atoms with Crippen LogP contribution in [0.3, 0.4) is 0 Å². The molecule has 0 radical (unpaired) electrons. The molecule has 0 aliphatic rings. The number of aromatic nitrogens is 3. The first-order chi connectivity index (χ1) is 27.8. The van der Waals surface area contributed by atoms with Crippen LogP contribution in [-0.2, 0) is 0 Å². The minimum Gasteiger partial charge on any atom is -0.456 e. The number of fused-ring (bicyclic) bond motifs is 3. The summed E-state index contributed by atoms with van der Waals surface area (Å²) in [6.45, 7) is 0. The van der Waals surface area contributed by atoms with Crippen LogP contribution in [0.5, 0.6) is 0 Å². The molecule has 0 aliphatic heterocycles. The maximum Gasteiger partial charge on any atom is 0.164 e. The average Bonchev–Trinajstić information content (AvgIpc) is 3.66. The molecule has 56 heavy (non-hydrogen) atoms. The van der Waals surface area contributed by atoms with Crippen LogP contribution in [0.2, 0.25) is 0 Å². The van der Waals surface area contributed by atoms with E-state index in [0.717, 1.165) is 44.2 Å². The molecule has 10 rings (SSSR count). The summed E-state index contributed by atoms with van der Waals surface area (Å²) >= 11 is 0. The molecular formula is C52H35N3O. The van der Waals surface area contributed by atoms with Gasteiger partial charge >= 0.3 is 0 Å². The Morgan fingerprint density at radius 2 is 0.857 bits per heavy atom. The fourth-order valence-electron chi connectivity index (χ4n) is 7.85. The van der Waals surface area contributed by atoms with Gasteiger partial charge in [-0.25, -0.2) is 15.0 Å². The lowest BCUT2D eigenvalue weighted by Crippen LogP contribution is -2.06. The summed E-state index contributed by atoms with van der Waals surface area (Å²) < 4.78 is 6.59. The fraction of sp³-hybridized carbons (Fsp3) is 0.0192. The van der Waals surface area contributed by atoms with Gasteiger partial charge in [0, 0.05) is 33.4 Å². The maximum atomic E-state index is 6.59. The summed E-state index contributed by atoms with van der Waals surface area (Å²) in [4.78, 5) is 15.2. The minimum atomic E-state index is -0.0804. The van der Waals surface area contributed by atoms with E-state index >= 15 is 0 Å². The van der Waals surface area contributed by atoms with Crippen molar-refractivity contribution in [2.75, 3.05) is 0 Å². The molecule has 0 N–H and O–H groups in total. The first-order valence-electron chi connectivity index (χ1n) is 18.9. The van der Waals surface area contributed by atoms with Crippen LogP contribution >= 0.6 is 0 Å². The Morgan fingerprint density at radius 1 is 0.339 bits per heavy atom. The van der Waals surface area contributed by atoms with E-state index in [9.17, 15) is 0 Å². The average molecular weight is 718 g/mol. The van der Waals surface area contributed by atoms with Crippen LogP contribution in [0.4, 0.5) is 0 Å². The number of furan rings is 1. The van der Waals surface area contributed by atoms with Crippen LogP contribution in [0.25, 0.3) is 78.4 Å². The standard InChI is InChI=1S/C52H35N3O/c1-5-17-35(18-6-1)39-25-15-26-40(33-39)48(43-28-14-13-27-42(43)36-19-7-2-8-20-36)41-31-32-46-45(34-41)49-44(29-16-30-47(49)56-46)52-54-50(37-21-9-3-10-22-37)53-51(55-52)38-23-11-4-12-24-38/h1-34,48H. The highest BCUT2D eigenvalue weighted by molar-refractivity contribution is 6.12. The van der Waals surface area contributed by atoms with E-state index in [1.807, 2.05) is 72.8 Å². The molecule has 0 amide bonds. The number of nitrogens with zero attached hydrogens (tertiary/aromatic N) is 3. The predicted molar refractivity (Wildman–Crippen MR) is 228 cm³/mol. The molecule has 1 unspecified atom stereocenters. The van der Waals surface area contributed by atoms with E-state index in [2.05, 4.69) is 133 Å². The minimum absolute atomic E-state index is 0.0804. The highest BCUT2D eigenvalue weighted by Gasteiger charge is 2.24. The Morgan fingerprint density at radius 3 is 1.54 bits per heavy atom. The molecule has 0 spiro atoms. The van der Waals surface area contributed by atoms with Crippen LogP contribution in [0, 0.1) is 0 Å². The quantitative estimate of drug-likeness (QED) is 0.147. The van der Waals surface area contributed by atoms with E-state index in [0.29, 0.717) is 17.5 Å². The summed E-state index contributed by atoms with van der Waals surface area (Å²) in [7, 11) is 0. The van der Waals surface area contributed by atoms with Gasteiger partial charge < -0.3 is 4.42 Å². The summed E-state index contributed by atoms with van der Waals surface area (Å²) in [5.41, 5.74) is 12.7. The van der Waals surface area contributed by atoms with Crippen molar-refractivity contribution >= 4 is 21.9 Å². The van der Waals surface area contributed by atoms with E-state index in [1.54, 1.807) is 0 Å². The lowest BCUT2D eigenvalue weighted by Gasteiger charge is -2.23. The molecule has 0 aliphatic carbocycles.